The minimum Gasteiger partial charge on any atom is -0.493 e. The Morgan fingerprint density at radius 2 is 1.74 bits per heavy atom. The van der Waals surface area contributed by atoms with Crippen LogP contribution in [0.25, 0.3) is 10.2 Å². The van der Waals surface area contributed by atoms with Gasteiger partial charge in [0.05, 0.1) is 31.5 Å². The molecule has 0 fully saturated rings. The van der Waals surface area contributed by atoms with Gasteiger partial charge in [0.25, 0.3) is 5.91 Å². The predicted octanol–water partition coefficient (Wildman–Crippen LogP) is 4.71. The first kappa shape index (κ1) is 20.4. The number of ether oxygens (including phenoxy) is 3. The number of anilines is 3. The van der Waals surface area contributed by atoms with E-state index in [0.717, 1.165) is 10.2 Å². The fraction of sp³-hybridized carbons (Fsp3) is 0.136. The second-order valence-electron chi connectivity index (χ2n) is 6.41. The molecule has 2 aromatic carbocycles. The molecule has 4 aromatic rings. The van der Waals surface area contributed by atoms with Crippen LogP contribution in [-0.2, 0) is 0 Å². The Kier molecular flexibility index (Phi) is 5.85. The first-order chi connectivity index (χ1) is 15.1. The summed E-state index contributed by atoms with van der Waals surface area (Å²) in [4.78, 5) is 21.6. The topological polar surface area (TPSA) is 94.6 Å². The molecule has 31 heavy (non-hydrogen) atoms. The molecule has 8 nitrogen and oxygen atoms in total. The van der Waals surface area contributed by atoms with E-state index in [0.29, 0.717) is 39.4 Å². The number of nitrogens with one attached hydrogen (secondary N) is 2. The van der Waals surface area contributed by atoms with Crippen molar-refractivity contribution in [1.82, 2.24) is 9.97 Å². The van der Waals surface area contributed by atoms with E-state index in [1.165, 1.54) is 32.7 Å². The molecule has 2 heterocycles. The Morgan fingerprint density at radius 1 is 0.968 bits per heavy atom. The number of rotatable bonds is 7. The molecular weight excluding hydrogens is 416 g/mol. The molecule has 1 amide bonds. The maximum atomic E-state index is 12.8. The SMILES string of the molecule is COc1cc(NC(=O)c2ccc3nc(Nc4ccccn4)sc3c2)cc(OC)c1OC. The third kappa shape index (κ3) is 4.36. The Balaban J connectivity index is 1.56. The highest BCUT2D eigenvalue weighted by atomic mass is 32.1. The summed E-state index contributed by atoms with van der Waals surface area (Å²) in [6.45, 7) is 0. The lowest BCUT2D eigenvalue weighted by atomic mass is 10.2. The van der Waals surface area contributed by atoms with Gasteiger partial charge in [0.1, 0.15) is 5.82 Å². The van der Waals surface area contributed by atoms with Crippen molar-refractivity contribution in [1.29, 1.82) is 0 Å². The molecule has 2 N–H and O–H groups in total. The molecule has 0 atom stereocenters. The normalized spacial score (nSPS) is 10.5. The second kappa shape index (κ2) is 8.88. The molecule has 0 spiro atoms. The number of nitrogens with zero attached hydrogens (tertiary/aromatic N) is 2. The van der Waals surface area contributed by atoms with Crippen molar-refractivity contribution in [3.8, 4) is 17.2 Å². The minimum atomic E-state index is -0.260. The zero-order valence-electron chi connectivity index (χ0n) is 17.1. The Bertz CT molecular complexity index is 1200. The van der Waals surface area contributed by atoms with Crippen LogP contribution in [0.4, 0.5) is 16.6 Å². The minimum absolute atomic E-state index is 0.260. The van der Waals surface area contributed by atoms with Gasteiger partial charge < -0.3 is 24.8 Å². The molecule has 9 heteroatoms. The molecule has 0 saturated heterocycles. The molecule has 158 valence electrons. The molecule has 0 bridgehead atoms. The average Bonchev–Trinajstić information content (AvgIpc) is 3.20. The Hall–Kier alpha value is -3.85. The number of methoxy groups -OCH3 is 3. The lowest BCUT2D eigenvalue weighted by Crippen LogP contribution is -2.12. The van der Waals surface area contributed by atoms with E-state index in [1.807, 2.05) is 30.3 Å². The number of thiazole rings is 1. The summed E-state index contributed by atoms with van der Waals surface area (Å²) in [5, 5.41) is 6.75. The third-order valence-corrected chi connectivity index (χ3v) is 5.41. The van der Waals surface area contributed by atoms with Crippen molar-refractivity contribution >= 4 is 44.1 Å². The summed E-state index contributed by atoms with van der Waals surface area (Å²) in [5.41, 5.74) is 1.84. The number of benzene rings is 2. The van der Waals surface area contributed by atoms with Crippen LogP contribution in [0, 0.1) is 0 Å². The van der Waals surface area contributed by atoms with E-state index < -0.39 is 0 Å². The number of pyridine rings is 1. The van der Waals surface area contributed by atoms with Gasteiger partial charge in [-0.25, -0.2) is 9.97 Å². The largest absolute Gasteiger partial charge is 0.493 e. The van der Waals surface area contributed by atoms with Crippen molar-refractivity contribution in [3.63, 3.8) is 0 Å². The first-order valence-electron chi connectivity index (χ1n) is 9.31. The summed E-state index contributed by atoms with van der Waals surface area (Å²) >= 11 is 1.45. The lowest BCUT2D eigenvalue weighted by Gasteiger charge is -2.14. The first-order valence-corrected chi connectivity index (χ1v) is 10.1. The van der Waals surface area contributed by atoms with Crippen LogP contribution >= 0.6 is 11.3 Å². The smallest absolute Gasteiger partial charge is 0.255 e. The highest BCUT2D eigenvalue weighted by Gasteiger charge is 2.16. The monoisotopic (exact) mass is 436 g/mol. The number of carbonyl (C=O) groups excluding carboxylic acids is 1. The fourth-order valence-corrected chi connectivity index (χ4v) is 3.93. The zero-order chi connectivity index (χ0) is 21.8. The highest BCUT2D eigenvalue weighted by molar-refractivity contribution is 7.22. The quantitative estimate of drug-likeness (QED) is 0.433. The highest BCUT2D eigenvalue weighted by Crippen LogP contribution is 2.40. The van der Waals surface area contributed by atoms with E-state index in [4.69, 9.17) is 14.2 Å². The van der Waals surface area contributed by atoms with Crippen molar-refractivity contribution in [2.75, 3.05) is 32.0 Å². The van der Waals surface area contributed by atoms with Crippen molar-refractivity contribution in [2.24, 2.45) is 0 Å². The summed E-state index contributed by atoms with van der Waals surface area (Å²) in [5.74, 6) is 1.83. The van der Waals surface area contributed by atoms with Crippen LogP contribution in [0.5, 0.6) is 17.2 Å². The van der Waals surface area contributed by atoms with Crippen molar-refractivity contribution in [2.45, 2.75) is 0 Å². The predicted molar refractivity (Wildman–Crippen MR) is 121 cm³/mol. The van der Waals surface area contributed by atoms with E-state index >= 15 is 0 Å². The molecule has 0 radical (unpaired) electrons. The van der Waals surface area contributed by atoms with Crippen LogP contribution in [0.3, 0.4) is 0 Å². The summed E-state index contributed by atoms with van der Waals surface area (Å²) < 4.78 is 16.9. The van der Waals surface area contributed by atoms with Gasteiger partial charge in [-0.1, -0.05) is 17.4 Å². The van der Waals surface area contributed by atoms with Crippen molar-refractivity contribution < 1.29 is 19.0 Å². The molecule has 0 unspecified atom stereocenters. The van der Waals surface area contributed by atoms with E-state index in [1.54, 1.807) is 24.4 Å². The number of aromatic nitrogens is 2. The summed E-state index contributed by atoms with van der Waals surface area (Å²) in [6.07, 6.45) is 1.71. The number of amides is 1. The van der Waals surface area contributed by atoms with Gasteiger partial charge in [-0.3, -0.25) is 4.79 Å². The lowest BCUT2D eigenvalue weighted by molar-refractivity contribution is 0.102. The summed E-state index contributed by atoms with van der Waals surface area (Å²) in [6, 6.07) is 14.3. The van der Waals surface area contributed by atoms with Crippen LogP contribution in [0.15, 0.2) is 54.7 Å². The molecule has 4 rings (SSSR count). The molecule has 0 aliphatic carbocycles. The third-order valence-electron chi connectivity index (χ3n) is 4.47. The number of hydrogen-bond acceptors (Lipinski definition) is 8. The van der Waals surface area contributed by atoms with E-state index in [9.17, 15) is 4.79 Å². The number of hydrogen-bond donors (Lipinski definition) is 2. The zero-order valence-corrected chi connectivity index (χ0v) is 17.9. The maximum Gasteiger partial charge on any atom is 0.255 e. The maximum absolute atomic E-state index is 12.8. The fourth-order valence-electron chi connectivity index (χ4n) is 3.02. The van der Waals surface area contributed by atoms with Crippen LogP contribution in [0.2, 0.25) is 0 Å². The molecule has 0 aliphatic heterocycles. The standard InChI is InChI=1S/C22H20N4O4S/c1-28-16-11-14(12-17(29-2)20(16)30-3)24-21(27)13-7-8-15-18(10-13)31-22(25-15)26-19-6-4-5-9-23-19/h4-12H,1-3H3,(H,24,27)(H,23,25,26). The van der Waals surface area contributed by atoms with E-state index in [2.05, 4.69) is 20.6 Å². The molecule has 2 aromatic heterocycles. The average molecular weight is 436 g/mol. The van der Waals surface area contributed by atoms with Gasteiger partial charge in [0, 0.05) is 29.6 Å². The molecule has 0 aliphatic rings. The van der Waals surface area contributed by atoms with Crippen LogP contribution < -0.4 is 24.8 Å². The molecule has 0 saturated carbocycles. The van der Waals surface area contributed by atoms with Crippen LogP contribution in [-0.4, -0.2) is 37.2 Å². The van der Waals surface area contributed by atoms with Gasteiger partial charge in [-0.05, 0) is 30.3 Å². The Morgan fingerprint density at radius 3 is 2.39 bits per heavy atom. The number of carbonyl (C=O) groups is 1. The van der Waals surface area contributed by atoms with Gasteiger partial charge in [0.15, 0.2) is 16.6 Å². The van der Waals surface area contributed by atoms with Gasteiger partial charge in [-0.15, -0.1) is 0 Å². The molecular formula is C22H20N4O4S. The number of fused-ring (bicyclic) bond motifs is 1. The van der Waals surface area contributed by atoms with Crippen LogP contribution in [0.1, 0.15) is 10.4 Å². The Labute approximate surface area is 182 Å². The van der Waals surface area contributed by atoms with Gasteiger partial charge >= 0.3 is 0 Å². The second-order valence-corrected chi connectivity index (χ2v) is 7.44. The van der Waals surface area contributed by atoms with Crippen molar-refractivity contribution in [3.05, 3.63) is 60.3 Å². The van der Waals surface area contributed by atoms with Gasteiger partial charge in [-0.2, -0.15) is 0 Å². The summed E-state index contributed by atoms with van der Waals surface area (Å²) in [7, 11) is 4.58. The van der Waals surface area contributed by atoms with Gasteiger partial charge in [0.2, 0.25) is 5.75 Å². The van der Waals surface area contributed by atoms with E-state index in [-0.39, 0.29) is 5.91 Å².